The number of ether oxygens (including phenoxy) is 12. The van der Waals surface area contributed by atoms with Crippen molar-refractivity contribution in [1.82, 2.24) is 21.3 Å². The third-order valence-corrected chi connectivity index (χ3v) is 16.9. The highest BCUT2D eigenvalue weighted by Gasteiger charge is 2.57. The van der Waals surface area contributed by atoms with Crippen molar-refractivity contribution >= 4 is 30.2 Å². The smallest absolute Gasteiger partial charge is 0.407 e. The lowest BCUT2D eigenvalue weighted by molar-refractivity contribution is -0.360. The predicted octanol–water partition coefficient (Wildman–Crippen LogP) is 3.29. The van der Waals surface area contributed by atoms with Crippen molar-refractivity contribution in [1.29, 1.82) is 0 Å². The summed E-state index contributed by atoms with van der Waals surface area (Å²) in [6, 6.07) is 39.0. The molecule has 4 aliphatic heterocycles. The number of nitrogens with one attached hydrogen (secondary N) is 4. The normalized spacial score (nSPS) is 31.7. The van der Waals surface area contributed by atoms with Crippen molar-refractivity contribution in [3.05, 3.63) is 179 Å². The van der Waals surface area contributed by atoms with Gasteiger partial charge in [0.05, 0.1) is 37.0 Å². The van der Waals surface area contributed by atoms with E-state index < -0.39 is 165 Å². The quantitative estimate of drug-likeness (QED) is 0.0313. The first-order chi connectivity index (χ1) is 45.5. The second-order valence-corrected chi connectivity index (χ2v) is 23.5. The standard InChI is InChI=1S/C67H80N4O23/c1-3-44-51(74)52(75)48(70-66(81)85-34-39-21-11-5-12-22-39)62(88-44)93-56-46(32-72)89-64(54(56)77)94-58-50(73)43(69-59(78)45(87-60(79)41-25-15-7-16-26-41)29-30-68-65(80)84-33-38-19-9-4-10-20-38)31-37(2)55(58)91-63-49(71-67(82)86-35-40-23-13-6-14-24-40)53(76)57-47(90-63)36-83-61(92-57)42-27-17-8-18-28-42/h4-28,37,43-58,61-64,72-77H,3,29-36H2,1-2H3,(H,68,80)(H,69,78)(H,70,81)(H,71,82)/t37-,43+,44-,45-,46+,47+,48+,49+,50-,51+,52+,53+,54+,55+,56+,57+,58+,61?,62+,63+,64-/m0/s1. The summed E-state index contributed by atoms with van der Waals surface area (Å²) < 4.78 is 73.2. The lowest BCUT2D eigenvalue weighted by atomic mass is 9.79. The third-order valence-electron chi connectivity index (χ3n) is 16.9. The van der Waals surface area contributed by atoms with E-state index in [4.69, 9.17) is 56.8 Å². The molecule has 1 aliphatic carbocycles. The molecule has 0 aromatic heterocycles. The molecule has 0 bridgehead atoms. The summed E-state index contributed by atoms with van der Waals surface area (Å²) in [5.74, 6) is -2.61. The highest BCUT2D eigenvalue weighted by atomic mass is 16.8. The number of rotatable bonds is 24. The van der Waals surface area contributed by atoms with E-state index in [-0.39, 0.29) is 57.8 Å². The van der Waals surface area contributed by atoms with Crippen LogP contribution in [0.3, 0.4) is 0 Å². The average Bonchev–Trinajstić information content (AvgIpc) is 1.08. The molecular formula is C67H80N4O23. The van der Waals surface area contributed by atoms with Crippen molar-refractivity contribution in [2.75, 3.05) is 19.8 Å². The SMILES string of the molecule is CC[C@@H]1O[C@H](O[C@H]2[C@@H](O)[C@H](O[C@@H]3[C@@H](O)[C@H](NC(=O)[C@H](CCNC(=O)OCc4ccccc4)OC(=O)c4ccccc4)C[C@H](C)[C@H]3O[C@H]3O[C@@H]4COC(c5ccccc5)O[C@H]4[C@H](O)[C@H]3NC(=O)OCc3ccccc3)O[C@@H]2CO)[C@H](NC(=O)OCc2ccccc2)[C@@H](O)[C@@H]1O. The molecule has 5 aliphatic rings. The van der Waals surface area contributed by atoms with Crippen LogP contribution in [0.15, 0.2) is 152 Å². The van der Waals surface area contributed by atoms with Crippen LogP contribution in [0.4, 0.5) is 14.4 Å². The van der Waals surface area contributed by atoms with Crippen molar-refractivity contribution in [2.24, 2.45) is 5.92 Å². The maximum atomic E-state index is 14.7. The van der Waals surface area contributed by atoms with Crippen LogP contribution in [-0.4, -0.2) is 197 Å². The molecule has 5 aromatic rings. The van der Waals surface area contributed by atoms with Crippen LogP contribution < -0.4 is 21.3 Å². The average molecular weight is 1310 g/mol. The maximum absolute atomic E-state index is 14.7. The first kappa shape index (κ1) is 69.1. The Morgan fingerprint density at radius 3 is 1.63 bits per heavy atom. The lowest BCUT2D eigenvalue weighted by Crippen LogP contribution is -2.69. The van der Waals surface area contributed by atoms with Crippen molar-refractivity contribution in [2.45, 2.75) is 176 Å². The number of esters is 1. The fraction of sp³-hybridized carbons (Fsp3) is 0.478. The highest BCUT2D eigenvalue weighted by molar-refractivity contribution is 5.92. The van der Waals surface area contributed by atoms with E-state index in [0.717, 1.165) is 5.56 Å². The first-order valence-electron chi connectivity index (χ1n) is 31.3. The number of carbonyl (C=O) groups excluding carboxylic acids is 5. The highest BCUT2D eigenvalue weighted by Crippen LogP contribution is 2.40. The number of hydrogen-bond acceptors (Lipinski definition) is 23. The zero-order chi connectivity index (χ0) is 66.3. The topological polar surface area (TPSA) is 366 Å². The van der Waals surface area contributed by atoms with Gasteiger partial charge in [0.2, 0.25) is 0 Å². The summed E-state index contributed by atoms with van der Waals surface area (Å²) in [6.45, 7) is 1.77. The molecule has 4 saturated heterocycles. The van der Waals surface area contributed by atoms with E-state index in [1.807, 2.05) is 12.1 Å². The van der Waals surface area contributed by atoms with E-state index in [1.165, 1.54) is 12.1 Å². The van der Waals surface area contributed by atoms with Gasteiger partial charge >= 0.3 is 24.2 Å². The van der Waals surface area contributed by atoms with Gasteiger partial charge in [-0.3, -0.25) is 4.79 Å². The minimum atomic E-state index is -1.90. The fourth-order valence-electron chi connectivity index (χ4n) is 11.9. The molecule has 21 atom stereocenters. The van der Waals surface area contributed by atoms with Crippen LogP contribution in [0.2, 0.25) is 0 Å². The summed E-state index contributed by atoms with van der Waals surface area (Å²) in [5.41, 5.74) is 2.77. The van der Waals surface area contributed by atoms with Crippen LogP contribution in [0.5, 0.6) is 0 Å². The van der Waals surface area contributed by atoms with Crippen LogP contribution in [0.25, 0.3) is 0 Å². The number of amides is 4. The Labute approximate surface area is 541 Å². The molecule has 1 saturated carbocycles. The largest absolute Gasteiger partial charge is 0.449 e. The number of aliphatic hydroxyl groups excluding tert-OH is 6. The summed E-state index contributed by atoms with van der Waals surface area (Å²) >= 11 is 0. The number of benzene rings is 5. The molecule has 0 radical (unpaired) electrons. The summed E-state index contributed by atoms with van der Waals surface area (Å²) in [5, 5.41) is 81.5. The van der Waals surface area contributed by atoms with Crippen LogP contribution in [0, 0.1) is 5.92 Å². The van der Waals surface area contributed by atoms with Gasteiger partial charge in [-0.2, -0.15) is 0 Å². The zero-order valence-electron chi connectivity index (χ0n) is 51.5. The number of fused-ring (bicyclic) bond motifs is 1. The number of carbonyl (C=O) groups is 5. The summed E-state index contributed by atoms with van der Waals surface area (Å²) in [6.07, 6.45) is -28.7. The minimum absolute atomic E-state index is 0.0527. The molecule has 10 rings (SSSR count). The maximum Gasteiger partial charge on any atom is 0.407 e. The second kappa shape index (κ2) is 33.1. The molecule has 10 N–H and O–H groups in total. The molecule has 4 heterocycles. The Morgan fingerprint density at radius 1 is 0.543 bits per heavy atom. The van der Waals surface area contributed by atoms with E-state index in [1.54, 1.807) is 141 Å². The van der Waals surface area contributed by atoms with E-state index in [2.05, 4.69) is 21.3 Å². The zero-order valence-corrected chi connectivity index (χ0v) is 51.5. The second-order valence-electron chi connectivity index (χ2n) is 23.5. The Balaban J connectivity index is 0.918. The van der Waals surface area contributed by atoms with Crippen LogP contribution in [0.1, 0.15) is 72.0 Å². The van der Waals surface area contributed by atoms with Gasteiger partial charge in [0, 0.05) is 18.5 Å². The summed E-state index contributed by atoms with van der Waals surface area (Å²) in [7, 11) is 0. The molecule has 506 valence electrons. The number of alkyl carbamates (subject to hydrolysis) is 3. The van der Waals surface area contributed by atoms with Crippen molar-refractivity contribution in [3.8, 4) is 0 Å². The molecule has 0 spiro atoms. The molecule has 27 heteroatoms. The molecule has 4 amide bonds. The fourth-order valence-corrected chi connectivity index (χ4v) is 11.9. The van der Waals surface area contributed by atoms with Gasteiger partial charge < -0.3 is 109 Å². The Bertz CT molecular complexity index is 3210. The van der Waals surface area contributed by atoms with Gasteiger partial charge in [-0.25, -0.2) is 19.2 Å². The minimum Gasteiger partial charge on any atom is -0.449 e. The molecule has 27 nitrogen and oxygen atoms in total. The molecule has 5 fully saturated rings. The van der Waals surface area contributed by atoms with Gasteiger partial charge in [-0.15, -0.1) is 0 Å². The Hall–Kier alpha value is -7.71. The third kappa shape index (κ3) is 17.6. The molecule has 1 unspecified atom stereocenters. The molecule has 94 heavy (non-hydrogen) atoms. The van der Waals surface area contributed by atoms with E-state index >= 15 is 0 Å². The van der Waals surface area contributed by atoms with Crippen LogP contribution >= 0.6 is 0 Å². The Morgan fingerprint density at radius 2 is 1.05 bits per heavy atom. The van der Waals surface area contributed by atoms with E-state index in [9.17, 15) is 54.6 Å². The molecule has 5 aromatic carbocycles. The monoisotopic (exact) mass is 1310 g/mol. The number of aliphatic hydroxyl groups is 6. The summed E-state index contributed by atoms with van der Waals surface area (Å²) in [4.78, 5) is 68.3. The Kier molecular flexibility index (Phi) is 24.3. The van der Waals surface area contributed by atoms with E-state index in [0.29, 0.717) is 16.7 Å². The van der Waals surface area contributed by atoms with Crippen molar-refractivity contribution < 1.29 is 111 Å². The predicted molar refractivity (Wildman–Crippen MR) is 326 cm³/mol. The van der Waals surface area contributed by atoms with Gasteiger partial charge in [-0.1, -0.05) is 153 Å². The van der Waals surface area contributed by atoms with Gasteiger partial charge in [0.15, 0.2) is 31.3 Å². The number of hydrogen-bond donors (Lipinski definition) is 10. The lowest BCUT2D eigenvalue weighted by Gasteiger charge is -2.50. The van der Waals surface area contributed by atoms with Gasteiger partial charge in [0.1, 0.15) is 92.9 Å². The first-order valence-corrected chi connectivity index (χ1v) is 31.3. The van der Waals surface area contributed by atoms with Crippen LogP contribution in [-0.2, 0) is 81.5 Å². The van der Waals surface area contributed by atoms with Gasteiger partial charge in [-0.05, 0) is 47.6 Å². The van der Waals surface area contributed by atoms with Crippen molar-refractivity contribution in [3.63, 3.8) is 0 Å². The van der Waals surface area contributed by atoms with Gasteiger partial charge in [0.25, 0.3) is 5.91 Å². The molecular weight excluding hydrogens is 1230 g/mol.